The van der Waals surface area contributed by atoms with Crippen LogP contribution in [0.1, 0.15) is 22.3 Å². The van der Waals surface area contributed by atoms with Crippen LogP contribution in [0.3, 0.4) is 0 Å². The van der Waals surface area contributed by atoms with Crippen molar-refractivity contribution in [2.75, 3.05) is 5.43 Å². The Labute approximate surface area is 148 Å². The van der Waals surface area contributed by atoms with Crippen molar-refractivity contribution in [2.45, 2.75) is 12.4 Å². The Bertz CT molecular complexity index is 963. The van der Waals surface area contributed by atoms with Crippen molar-refractivity contribution < 1.29 is 26.3 Å². The Morgan fingerprint density at radius 3 is 1.81 bits per heavy atom. The van der Waals surface area contributed by atoms with Gasteiger partial charge in [-0.05, 0) is 24.3 Å². The Balaban J connectivity index is 2.50. The van der Waals surface area contributed by atoms with Crippen LogP contribution in [0.2, 0.25) is 0 Å². The van der Waals surface area contributed by atoms with Crippen molar-refractivity contribution in [1.82, 2.24) is 0 Å². The molecule has 0 aliphatic carbocycles. The molecule has 0 unspecified atom stereocenters. The highest BCUT2D eigenvalue weighted by molar-refractivity contribution is 5.63. The molecule has 2 aromatic rings. The van der Waals surface area contributed by atoms with Gasteiger partial charge in [-0.1, -0.05) is 17.4 Å². The highest BCUT2D eigenvalue weighted by Gasteiger charge is 2.36. The summed E-state index contributed by atoms with van der Waals surface area (Å²) < 4.78 is 78.2. The largest absolute Gasteiger partial charge is 0.418 e. The van der Waals surface area contributed by atoms with Crippen LogP contribution in [0.15, 0.2) is 46.7 Å². The van der Waals surface area contributed by atoms with Crippen LogP contribution >= 0.6 is 0 Å². The summed E-state index contributed by atoms with van der Waals surface area (Å²) >= 11 is 0. The number of alkyl halides is 6. The third-order valence-electron chi connectivity index (χ3n) is 3.26. The predicted octanol–water partition coefficient (Wildman–Crippen LogP) is 5.58. The fraction of sp³-hybridized carbons (Fsp3) is 0.125. The molecule has 0 fully saturated rings. The zero-order chi connectivity index (χ0) is 20.2. The second-order valence-corrected chi connectivity index (χ2v) is 4.96. The molecule has 0 bridgehead atoms. The average Bonchev–Trinajstić information content (AvgIpc) is 2.59. The molecule has 0 amide bonds. The van der Waals surface area contributed by atoms with E-state index >= 15 is 0 Å². The van der Waals surface area contributed by atoms with Crippen molar-refractivity contribution >= 4 is 11.4 Å². The Kier molecular flexibility index (Phi) is 5.36. The molecule has 138 valence electrons. The van der Waals surface area contributed by atoms with Crippen molar-refractivity contribution in [3.05, 3.63) is 58.7 Å². The number of halogens is 6. The molecule has 0 radical (unpaired) electrons. The van der Waals surface area contributed by atoms with Gasteiger partial charge in [0.1, 0.15) is 17.8 Å². The van der Waals surface area contributed by atoms with Gasteiger partial charge in [0, 0.05) is 0 Å². The molecule has 0 spiro atoms. The quantitative estimate of drug-likeness (QED) is 0.427. The van der Waals surface area contributed by atoms with E-state index in [1.54, 1.807) is 0 Å². The number of nitrogens with one attached hydrogen (secondary N) is 1. The molecule has 0 aromatic heterocycles. The zero-order valence-corrected chi connectivity index (χ0v) is 13.0. The van der Waals surface area contributed by atoms with Gasteiger partial charge in [0.15, 0.2) is 0 Å². The summed E-state index contributed by atoms with van der Waals surface area (Å²) in [5, 5.41) is 24.2. The van der Waals surface area contributed by atoms with E-state index in [1.807, 2.05) is 5.43 Å². The number of nitriles is 2. The number of rotatable bonds is 3. The molecular weight excluding hydrogens is 376 g/mol. The van der Waals surface area contributed by atoms with Crippen molar-refractivity contribution in [2.24, 2.45) is 10.3 Å². The summed E-state index contributed by atoms with van der Waals surface area (Å²) in [4.78, 5) is 0. The first-order chi connectivity index (χ1) is 12.6. The van der Waals surface area contributed by atoms with Gasteiger partial charge in [0.25, 0.3) is 0 Å². The number of benzene rings is 2. The van der Waals surface area contributed by atoms with Gasteiger partial charge in [-0.15, -0.1) is 5.11 Å². The van der Waals surface area contributed by atoms with Gasteiger partial charge in [0.2, 0.25) is 0 Å². The lowest BCUT2D eigenvalue weighted by molar-refractivity contribution is -0.137. The van der Waals surface area contributed by atoms with E-state index in [4.69, 9.17) is 10.5 Å². The second-order valence-electron chi connectivity index (χ2n) is 4.96. The van der Waals surface area contributed by atoms with E-state index in [0.29, 0.717) is 12.1 Å². The molecule has 27 heavy (non-hydrogen) atoms. The van der Waals surface area contributed by atoms with E-state index in [2.05, 4.69) is 10.3 Å². The normalized spacial score (nSPS) is 11.9. The summed E-state index contributed by atoms with van der Waals surface area (Å²) in [5.41, 5.74) is -3.20. The SMILES string of the molecule is N#Cc1cccc(C(F)(F)F)c1N=NNc1c(C#N)cccc1C(F)(F)F. The molecule has 11 heteroatoms. The minimum absolute atomic E-state index is 0.437. The van der Waals surface area contributed by atoms with Gasteiger partial charge >= 0.3 is 12.4 Å². The van der Waals surface area contributed by atoms with Crippen LogP contribution in [-0.4, -0.2) is 0 Å². The molecular formula is C16H7F6N5. The maximum absolute atomic E-state index is 13.0. The summed E-state index contributed by atoms with van der Waals surface area (Å²) in [6.45, 7) is 0. The van der Waals surface area contributed by atoms with Crippen molar-refractivity contribution in [3.8, 4) is 12.1 Å². The standard InChI is InChI=1S/C16H7F6N5/c17-15(18,19)11-5-1-3-9(7-23)13(11)25-27-26-14-10(8-24)4-2-6-12(14)16(20,21)22/h1-6H,(H,25,26). The third-order valence-corrected chi connectivity index (χ3v) is 3.26. The van der Waals surface area contributed by atoms with Crippen molar-refractivity contribution in [3.63, 3.8) is 0 Å². The number of para-hydroxylation sites is 1. The molecule has 0 aliphatic heterocycles. The minimum atomic E-state index is -4.86. The van der Waals surface area contributed by atoms with E-state index in [0.717, 1.165) is 24.3 Å². The molecule has 0 saturated heterocycles. The van der Waals surface area contributed by atoms with Crippen LogP contribution in [-0.2, 0) is 12.4 Å². The Morgan fingerprint density at radius 2 is 1.30 bits per heavy atom. The summed E-state index contributed by atoms with van der Waals surface area (Å²) in [5.74, 6) is 0. The minimum Gasteiger partial charge on any atom is -0.258 e. The lowest BCUT2D eigenvalue weighted by Gasteiger charge is -2.13. The first kappa shape index (κ1) is 19.7. The smallest absolute Gasteiger partial charge is 0.258 e. The summed E-state index contributed by atoms with van der Waals surface area (Å²) in [6, 6.07) is 8.44. The van der Waals surface area contributed by atoms with E-state index in [9.17, 15) is 26.3 Å². The molecule has 0 aliphatic rings. The number of nitrogens with zero attached hydrogens (tertiary/aromatic N) is 4. The third kappa shape index (κ3) is 4.33. The maximum atomic E-state index is 13.0. The first-order valence-corrected chi connectivity index (χ1v) is 6.97. The highest BCUT2D eigenvalue weighted by Crippen LogP contribution is 2.39. The number of anilines is 1. The number of hydrogen-bond donors (Lipinski definition) is 1. The Hall–Kier alpha value is -3.60. The topological polar surface area (TPSA) is 84.3 Å². The fourth-order valence-corrected chi connectivity index (χ4v) is 2.10. The van der Waals surface area contributed by atoms with Gasteiger partial charge < -0.3 is 0 Å². The fourth-order valence-electron chi connectivity index (χ4n) is 2.10. The second kappa shape index (κ2) is 7.33. The summed E-state index contributed by atoms with van der Waals surface area (Å²) in [7, 11) is 0. The van der Waals surface area contributed by atoms with Crippen LogP contribution in [0.4, 0.5) is 37.7 Å². The molecule has 2 aromatic carbocycles. The molecule has 0 heterocycles. The van der Waals surface area contributed by atoms with Crippen LogP contribution in [0, 0.1) is 22.7 Å². The predicted molar refractivity (Wildman–Crippen MR) is 80.5 cm³/mol. The van der Waals surface area contributed by atoms with Crippen molar-refractivity contribution in [1.29, 1.82) is 10.5 Å². The van der Waals surface area contributed by atoms with E-state index in [1.165, 1.54) is 12.1 Å². The summed E-state index contributed by atoms with van der Waals surface area (Å²) in [6.07, 6.45) is -9.70. The van der Waals surface area contributed by atoms with Gasteiger partial charge in [-0.25, -0.2) is 0 Å². The first-order valence-electron chi connectivity index (χ1n) is 6.97. The van der Waals surface area contributed by atoms with E-state index < -0.39 is 46.0 Å². The molecule has 5 nitrogen and oxygen atoms in total. The van der Waals surface area contributed by atoms with Gasteiger partial charge in [0.05, 0.1) is 27.9 Å². The molecule has 1 N–H and O–H groups in total. The van der Waals surface area contributed by atoms with Gasteiger partial charge in [-0.3, -0.25) is 5.43 Å². The monoisotopic (exact) mass is 383 g/mol. The van der Waals surface area contributed by atoms with Crippen LogP contribution in [0.25, 0.3) is 0 Å². The van der Waals surface area contributed by atoms with E-state index in [-0.39, 0.29) is 0 Å². The molecule has 0 atom stereocenters. The zero-order valence-electron chi connectivity index (χ0n) is 13.0. The highest BCUT2D eigenvalue weighted by atomic mass is 19.4. The maximum Gasteiger partial charge on any atom is 0.418 e. The van der Waals surface area contributed by atoms with Gasteiger partial charge in [-0.2, -0.15) is 36.9 Å². The number of hydrogen-bond acceptors (Lipinski definition) is 4. The molecule has 0 saturated carbocycles. The van der Waals surface area contributed by atoms with Crippen LogP contribution in [0.5, 0.6) is 0 Å². The van der Waals surface area contributed by atoms with Crippen LogP contribution < -0.4 is 5.43 Å². The average molecular weight is 383 g/mol. The molecule has 2 rings (SSSR count). The Morgan fingerprint density at radius 1 is 0.778 bits per heavy atom. The lowest BCUT2D eigenvalue weighted by atomic mass is 10.1. The lowest BCUT2D eigenvalue weighted by Crippen LogP contribution is -2.10.